The fraction of sp³-hybridized carbons (Fsp3) is 0.529. The Bertz CT molecular complexity index is 611. The third-order valence-electron chi connectivity index (χ3n) is 4.14. The second kappa shape index (κ2) is 7.58. The summed E-state index contributed by atoms with van der Waals surface area (Å²) in [5, 5.41) is 12.1. The number of halogens is 2. The monoisotopic (exact) mass is 338 g/mol. The molecule has 0 aromatic heterocycles. The Labute approximate surface area is 140 Å². The minimum atomic E-state index is -2.84. The Morgan fingerprint density at radius 1 is 1.46 bits per heavy atom. The Morgan fingerprint density at radius 2 is 2.08 bits per heavy atom. The number of alkyl halides is 2. The lowest BCUT2D eigenvalue weighted by molar-refractivity contribution is -0.885. The van der Waals surface area contributed by atoms with Crippen LogP contribution >= 0.6 is 0 Å². The molecule has 7 heteroatoms. The van der Waals surface area contributed by atoms with E-state index in [1.807, 2.05) is 7.05 Å². The molecule has 1 fully saturated rings. The first-order valence-corrected chi connectivity index (χ1v) is 7.89. The van der Waals surface area contributed by atoms with Crippen LogP contribution < -0.4 is 15.0 Å². The van der Waals surface area contributed by atoms with Gasteiger partial charge < -0.3 is 15.0 Å². The van der Waals surface area contributed by atoms with Crippen LogP contribution in [0.5, 0.6) is 5.75 Å². The number of benzene rings is 1. The van der Waals surface area contributed by atoms with Gasteiger partial charge >= 0.3 is 6.61 Å². The lowest BCUT2D eigenvalue weighted by Crippen LogP contribution is -3.09. The van der Waals surface area contributed by atoms with E-state index in [2.05, 4.69) is 16.1 Å². The van der Waals surface area contributed by atoms with E-state index in [1.165, 1.54) is 12.1 Å². The zero-order chi connectivity index (χ0) is 17.7. The molecule has 0 bridgehead atoms. The molecule has 1 aromatic rings. The number of amides is 1. The van der Waals surface area contributed by atoms with Gasteiger partial charge in [-0.05, 0) is 49.9 Å². The first-order valence-electron chi connectivity index (χ1n) is 7.89. The minimum Gasteiger partial charge on any atom is -0.435 e. The molecule has 2 N–H and O–H groups in total. The molecule has 130 valence electrons. The highest BCUT2D eigenvalue weighted by Crippen LogP contribution is 2.39. The number of hydrogen-bond donors (Lipinski definition) is 2. The number of ether oxygens (including phenoxy) is 1. The van der Waals surface area contributed by atoms with E-state index in [0.717, 1.165) is 23.3 Å². The van der Waals surface area contributed by atoms with Crippen LogP contribution in [-0.2, 0) is 11.3 Å². The van der Waals surface area contributed by atoms with E-state index < -0.39 is 12.2 Å². The van der Waals surface area contributed by atoms with Crippen LogP contribution in [0.1, 0.15) is 25.3 Å². The zero-order valence-corrected chi connectivity index (χ0v) is 13.8. The summed E-state index contributed by atoms with van der Waals surface area (Å²) in [4.78, 5) is 13.1. The molecule has 0 aliphatic heterocycles. The Morgan fingerprint density at radius 3 is 2.58 bits per heavy atom. The predicted molar refractivity (Wildman–Crippen MR) is 83.4 cm³/mol. The normalized spacial score (nSPS) is 17.7. The molecule has 0 spiro atoms. The van der Waals surface area contributed by atoms with Gasteiger partial charge in [-0.15, -0.1) is 0 Å². The topological polar surface area (TPSA) is 66.6 Å². The molecule has 1 unspecified atom stereocenters. The van der Waals surface area contributed by atoms with Crippen LogP contribution in [0, 0.1) is 17.2 Å². The molecule has 0 heterocycles. The average molecular weight is 338 g/mol. The van der Waals surface area contributed by atoms with Crippen molar-refractivity contribution in [2.24, 2.45) is 5.92 Å². The highest BCUT2D eigenvalue weighted by Gasteiger charge is 2.43. The molecule has 1 aromatic carbocycles. The van der Waals surface area contributed by atoms with Crippen molar-refractivity contribution in [1.82, 2.24) is 5.32 Å². The van der Waals surface area contributed by atoms with E-state index in [0.29, 0.717) is 6.54 Å². The summed E-state index contributed by atoms with van der Waals surface area (Å²) in [7, 11) is 1.87. The molecular weight excluding hydrogens is 316 g/mol. The number of hydrogen-bond acceptors (Lipinski definition) is 3. The van der Waals surface area contributed by atoms with Crippen molar-refractivity contribution in [3.05, 3.63) is 29.8 Å². The maximum atomic E-state index is 12.1. The van der Waals surface area contributed by atoms with Crippen LogP contribution in [-0.4, -0.2) is 31.7 Å². The molecule has 2 atom stereocenters. The minimum absolute atomic E-state index is 0.110. The Hall–Kier alpha value is -2.20. The van der Waals surface area contributed by atoms with Crippen LogP contribution in [0.3, 0.4) is 0 Å². The van der Waals surface area contributed by atoms with E-state index in [-0.39, 0.29) is 24.1 Å². The van der Waals surface area contributed by atoms with Gasteiger partial charge in [-0.3, -0.25) is 4.79 Å². The quantitative estimate of drug-likeness (QED) is 0.746. The fourth-order valence-electron chi connectivity index (χ4n) is 2.69. The number of likely N-dealkylation sites (N-methyl/N-ethyl adjacent to an activating group) is 1. The Balaban J connectivity index is 1.83. The third-order valence-corrected chi connectivity index (χ3v) is 4.14. The van der Waals surface area contributed by atoms with Gasteiger partial charge in [0.15, 0.2) is 6.54 Å². The van der Waals surface area contributed by atoms with Crippen molar-refractivity contribution in [2.75, 3.05) is 13.6 Å². The number of nitrogens with zero attached hydrogens (tertiary/aromatic N) is 1. The predicted octanol–water partition coefficient (Wildman–Crippen LogP) is 1.11. The summed E-state index contributed by atoms with van der Waals surface area (Å²) in [5.41, 5.74) is 0.123. The largest absolute Gasteiger partial charge is 0.435 e. The third kappa shape index (κ3) is 5.17. The molecule has 1 aliphatic rings. The second-order valence-corrected chi connectivity index (χ2v) is 6.47. The first kappa shape index (κ1) is 18.1. The van der Waals surface area contributed by atoms with Crippen LogP contribution in [0.25, 0.3) is 0 Å². The van der Waals surface area contributed by atoms with E-state index in [1.54, 1.807) is 19.1 Å². The van der Waals surface area contributed by atoms with Gasteiger partial charge in [0.05, 0.1) is 13.1 Å². The molecule has 1 aliphatic carbocycles. The maximum absolute atomic E-state index is 12.1. The molecule has 24 heavy (non-hydrogen) atoms. The number of rotatable bonds is 8. The molecule has 0 radical (unpaired) electrons. The molecule has 0 saturated heterocycles. The lowest BCUT2D eigenvalue weighted by atomic mass is 9.98. The molecule has 5 nitrogen and oxygen atoms in total. The second-order valence-electron chi connectivity index (χ2n) is 6.47. The highest BCUT2D eigenvalue weighted by molar-refractivity contribution is 5.78. The van der Waals surface area contributed by atoms with Crippen molar-refractivity contribution >= 4 is 5.91 Å². The van der Waals surface area contributed by atoms with Crippen molar-refractivity contribution < 1.29 is 23.2 Å². The SMILES string of the molecule is C[NH+](CC(=O)N[C@@](C)(C#N)C1CC1)Cc1ccc(OC(F)F)cc1. The Kier molecular flexibility index (Phi) is 5.73. The van der Waals surface area contributed by atoms with Crippen LogP contribution in [0.4, 0.5) is 8.78 Å². The summed E-state index contributed by atoms with van der Waals surface area (Å²) in [6.45, 7) is -0.276. The van der Waals surface area contributed by atoms with Gasteiger partial charge in [-0.1, -0.05) is 0 Å². The van der Waals surface area contributed by atoms with Gasteiger partial charge in [0.2, 0.25) is 0 Å². The number of carbonyl (C=O) groups is 1. The van der Waals surface area contributed by atoms with Crippen molar-refractivity contribution in [1.29, 1.82) is 5.26 Å². The number of carbonyl (C=O) groups excluding carboxylic acids is 1. The summed E-state index contributed by atoms with van der Waals surface area (Å²) in [5.74, 6) is 0.189. The fourth-order valence-corrected chi connectivity index (χ4v) is 2.69. The highest BCUT2D eigenvalue weighted by atomic mass is 19.3. The van der Waals surface area contributed by atoms with Gasteiger partial charge in [0.25, 0.3) is 5.91 Å². The molecule has 1 saturated carbocycles. The summed E-state index contributed by atoms with van der Waals surface area (Å²) in [6.07, 6.45) is 1.94. The van der Waals surface area contributed by atoms with Gasteiger partial charge in [-0.2, -0.15) is 14.0 Å². The smallest absolute Gasteiger partial charge is 0.387 e. The van der Waals surface area contributed by atoms with Crippen LogP contribution in [0.15, 0.2) is 24.3 Å². The van der Waals surface area contributed by atoms with E-state index >= 15 is 0 Å². The maximum Gasteiger partial charge on any atom is 0.387 e. The van der Waals surface area contributed by atoms with Crippen LogP contribution in [0.2, 0.25) is 0 Å². The summed E-state index contributed by atoms with van der Waals surface area (Å²) >= 11 is 0. The van der Waals surface area contributed by atoms with Gasteiger partial charge in [-0.25, -0.2) is 0 Å². The first-order chi connectivity index (χ1) is 11.3. The van der Waals surface area contributed by atoms with Gasteiger partial charge in [0, 0.05) is 5.56 Å². The standard InChI is InChI=1S/C17H21F2N3O2/c1-17(11-20,13-5-6-13)21-15(23)10-22(2)9-12-3-7-14(8-4-12)24-16(18)19/h3-4,7-8,13,16H,5-6,9-10H2,1-2H3,(H,21,23)/p+1/t17-/m0/s1. The molecular formula is C17H22F2N3O2+. The lowest BCUT2D eigenvalue weighted by Gasteiger charge is -2.23. The average Bonchev–Trinajstić information content (AvgIpc) is 3.33. The van der Waals surface area contributed by atoms with Crippen molar-refractivity contribution in [3.63, 3.8) is 0 Å². The van der Waals surface area contributed by atoms with E-state index in [9.17, 15) is 18.8 Å². The van der Waals surface area contributed by atoms with Gasteiger partial charge in [0.1, 0.15) is 17.8 Å². The van der Waals surface area contributed by atoms with Crippen molar-refractivity contribution in [3.8, 4) is 11.8 Å². The zero-order valence-electron chi connectivity index (χ0n) is 13.8. The summed E-state index contributed by atoms with van der Waals surface area (Å²) < 4.78 is 28.5. The summed E-state index contributed by atoms with van der Waals surface area (Å²) in [6, 6.07) is 8.56. The number of nitriles is 1. The van der Waals surface area contributed by atoms with Crippen molar-refractivity contribution in [2.45, 2.75) is 38.5 Å². The van der Waals surface area contributed by atoms with E-state index in [4.69, 9.17) is 0 Å². The molecule has 1 amide bonds. The molecule has 2 rings (SSSR count). The number of quaternary nitrogens is 1. The number of nitrogens with one attached hydrogen (secondary N) is 2.